The normalized spacial score (nSPS) is 14.9. The van der Waals surface area contributed by atoms with Gasteiger partial charge in [-0.25, -0.2) is 12.8 Å². The van der Waals surface area contributed by atoms with Crippen LogP contribution in [0.4, 0.5) is 10.1 Å². The van der Waals surface area contributed by atoms with Crippen LogP contribution in [-0.2, 0) is 14.8 Å². The molecule has 0 unspecified atom stereocenters. The fourth-order valence-corrected chi connectivity index (χ4v) is 4.45. The van der Waals surface area contributed by atoms with Crippen LogP contribution in [0.1, 0.15) is 15.9 Å². The quantitative estimate of drug-likeness (QED) is 0.686. The molecule has 1 saturated heterocycles. The van der Waals surface area contributed by atoms with Crippen molar-refractivity contribution in [2.45, 2.75) is 6.92 Å². The highest BCUT2D eigenvalue weighted by atomic mass is 32.2. The maximum Gasteiger partial charge on any atom is 0.269 e. The Morgan fingerprint density at radius 1 is 1.00 bits per heavy atom. The Morgan fingerprint density at radius 2 is 1.67 bits per heavy atom. The fourth-order valence-electron chi connectivity index (χ4n) is 3.14. The van der Waals surface area contributed by atoms with Crippen molar-refractivity contribution in [1.29, 1.82) is 0 Å². The summed E-state index contributed by atoms with van der Waals surface area (Å²) in [6.45, 7) is 3.58. The number of halogens is 1. The minimum absolute atomic E-state index is 0.131. The number of aryl methyl sites for hydroxylation is 1. The van der Waals surface area contributed by atoms with Crippen LogP contribution in [0.2, 0.25) is 0 Å². The van der Waals surface area contributed by atoms with Gasteiger partial charge in [-0.2, -0.15) is 4.31 Å². The number of hydrogen-bond acceptors (Lipinski definition) is 5. The second-order valence-corrected chi connectivity index (χ2v) is 8.96. The second kappa shape index (κ2) is 9.23. The van der Waals surface area contributed by atoms with Gasteiger partial charge >= 0.3 is 0 Å². The van der Waals surface area contributed by atoms with Gasteiger partial charge in [0.1, 0.15) is 11.6 Å². The highest BCUT2D eigenvalue weighted by Crippen LogP contribution is 2.19. The average Bonchev–Trinajstić information content (AvgIpc) is 2.72. The first-order chi connectivity index (χ1) is 14.2. The van der Waals surface area contributed by atoms with E-state index < -0.39 is 33.4 Å². The number of benzene rings is 2. The number of anilines is 1. The van der Waals surface area contributed by atoms with Crippen LogP contribution in [0, 0.1) is 12.7 Å². The van der Waals surface area contributed by atoms with Gasteiger partial charge in [0, 0.05) is 37.4 Å². The molecule has 0 aliphatic carbocycles. The van der Waals surface area contributed by atoms with Gasteiger partial charge in [-0.15, -0.1) is 0 Å². The van der Waals surface area contributed by atoms with Crippen molar-refractivity contribution in [3.63, 3.8) is 0 Å². The van der Waals surface area contributed by atoms with Gasteiger partial charge < -0.3 is 4.90 Å². The zero-order valence-corrected chi connectivity index (χ0v) is 17.3. The van der Waals surface area contributed by atoms with E-state index in [1.165, 1.54) is 16.4 Å². The topological polar surface area (TPSA) is 98.8 Å². The largest absolute Gasteiger partial charge is 0.369 e. The summed E-state index contributed by atoms with van der Waals surface area (Å²) in [7, 11) is -3.82. The van der Waals surface area contributed by atoms with Crippen molar-refractivity contribution in [1.82, 2.24) is 15.2 Å². The summed E-state index contributed by atoms with van der Waals surface area (Å²) in [5.74, 6) is -2.80. The van der Waals surface area contributed by atoms with Gasteiger partial charge in [0.25, 0.3) is 11.8 Å². The zero-order valence-electron chi connectivity index (χ0n) is 16.5. The lowest BCUT2D eigenvalue weighted by atomic mass is 10.2. The third-order valence-corrected chi connectivity index (χ3v) is 6.51. The third kappa shape index (κ3) is 5.55. The molecule has 0 radical (unpaired) electrons. The molecule has 2 aromatic rings. The summed E-state index contributed by atoms with van der Waals surface area (Å²) >= 11 is 0. The van der Waals surface area contributed by atoms with Crippen LogP contribution < -0.4 is 15.8 Å². The number of nitrogens with zero attached hydrogens (tertiary/aromatic N) is 2. The predicted octanol–water partition coefficient (Wildman–Crippen LogP) is 1.05. The van der Waals surface area contributed by atoms with E-state index in [9.17, 15) is 22.4 Å². The first-order valence-corrected chi connectivity index (χ1v) is 11.0. The van der Waals surface area contributed by atoms with E-state index in [0.717, 1.165) is 23.4 Å². The summed E-state index contributed by atoms with van der Waals surface area (Å²) < 4.78 is 39.2. The first-order valence-electron chi connectivity index (χ1n) is 9.39. The van der Waals surface area contributed by atoms with Crippen molar-refractivity contribution < 1.29 is 22.4 Å². The lowest BCUT2D eigenvalue weighted by molar-refractivity contribution is -0.119. The molecule has 160 valence electrons. The van der Waals surface area contributed by atoms with E-state index in [2.05, 4.69) is 15.8 Å². The molecule has 8 nitrogen and oxygen atoms in total. The molecule has 30 heavy (non-hydrogen) atoms. The monoisotopic (exact) mass is 434 g/mol. The first kappa shape index (κ1) is 21.7. The number of carbonyl (C=O) groups excluding carboxylic acids is 2. The molecule has 0 saturated carbocycles. The molecule has 1 aliphatic rings. The molecule has 0 atom stereocenters. The van der Waals surface area contributed by atoms with E-state index in [-0.39, 0.29) is 18.7 Å². The third-order valence-electron chi connectivity index (χ3n) is 4.73. The van der Waals surface area contributed by atoms with Crippen LogP contribution in [0.25, 0.3) is 0 Å². The Balaban J connectivity index is 1.49. The highest BCUT2D eigenvalue weighted by molar-refractivity contribution is 7.89. The van der Waals surface area contributed by atoms with Gasteiger partial charge in [-0.05, 0) is 48.9 Å². The van der Waals surface area contributed by atoms with Crippen LogP contribution in [0.3, 0.4) is 0 Å². The van der Waals surface area contributed by atoms with E-state index in [0.29, 0.717) is 13.1 Å². The summed E-state index contributed by atoms with van der Waals surface area (Å²) in [5, 5.41) is 0. The summed E-state index contributed by atoms with van der Waals surface area (Å²) in [6.07, 6.45) is 0. The average molecular weight is 434 g/mol. The molecule has 1 heterocycles. The van der Waals surface area contributed by atoms with Crippen molar-refractivity contribution in [3.05, 3.63) is 65.5 Å². The number of sulfonamides is 1. The highest BCUT2D eigenvalue weighted by Gasteiger charge is 2.29. The van der Waals surface area contributed by atoms with Gasteiger partial charge in [-0.1, -0.05) is 12.1 Å². The molecule has 2 aromatic carbocycles. The predicted molar refractivity (Wildman–Crippen MR) is 111 cm³/mol. The number of amides is 2. The van der Waals surface area contributed by atoms with Crippen LogP contribution in [0.15, 0.2) is 48.5 Å². The molecule has 1 fully saturated rings. The number of rotatable bonds is 5. The molecular weight excluding hydrogens is 411 g/mol. The molecular formula is C20H23FN4O4S. The van der Waals surface area contributed by atoms with Gasteiger partial charge in [0.05, 0.1) is 0 Å². The van der Waals surface area contributed by atoms with Gasteiger partial charge in [-0.3, -0.25) is 20.4 Å². The number of hydrazine groups is 1. The Kier molecular flexibility index (Phi) is 6.68. The lowest BCUT2D eigenvalue weighted by Crippen LogP contribution is -2.52. The molecule has 1 aliphatic heterocycles. The molecule has 0 aromatic heterocycles. The molecule has 0 bridgehead atoms. The Morgan fingerprint density at radius 3 is 2.30 bits per heavy atom. The maximum atomic E-state index is 12.9. The van der Waals surface area contributed by atoms with Crippen molar-refractivity contribution in [2.24, 2.45) is 0 Å². The van der Waals surface area contributed by atoms with E-state index in [1.54, 1.807) is 0 Å². The van der Waals surface area contributed by atoms with E-state index >= 15 is 0 Å². The summed E-state index contributed by atoms with van der Waals surface area (Å²) in [4.78, 5) is 26.0. The number of carbonyl (C=O) groups is 2. The SMILES string of the molecule is Cc1cccc(N2CCN(S(=O)(=O)CC(=O)NNC(=O)c3ccc(F)cc3)CC2)c1. The molecule has 2 amide bonds. The molecule has 3 rings (SSSR count). The van der Waals surface area contributed by atoms with Crippen molar-refractivity contribution in [3.8, 4) is 0 Å². The van der Waals surface area contributed by atoms with Crippen LogP contribution in [-0.4, -0.2) is 56.5 Å². The maximum absolute atomic E-state index is 12.9. The minimum Gasteiger partial charge on any atom is -0.369 e. The van der Waals surface area contributed by atoms with Gasteiger partial charge in [0.2, 0.25) is 10.0 Å². The number of hydrogen-bond donors (Lipinski definition) is 2. The van der Waals surface area contributed by atoms with E-state index in [4.69, 9.17) is 0 Å². The summed E-state index contributed by atoms with van der Waals surface area (Å²) in [5.41, 5.74) is 6.50. The number of piperazine rings is 1. The van der Waals surface area contributed by atoms with E-state index in [1.807, 2.05) is 31.2 Å². The molecule has 10 heteroatoms. The van der Waals surface area contributed by atoms with Crippen LogP contribution >= 0.6 is 0 Å². The number of nitrogens with one attached hydrogen (secondary N) is 2. The zero-order chi connectivity index (χ0) is 21.7. The minimum atomic E-state index is -3.82. The molecule has 0 spiro atoms. The van der Waals surface area contributed by atoms with Gasteiger partial charge in [0.15, 0.2) is 0 Å². The smallest absolute Gasteiger partial charge is 0.269 e. The Hall–Kier alpha value is -2.98. The van der Waals surface area contributed by atoms with Crippen LogP contribution in [0.5, 0.6) is 0 Å². The fraction of sp³-hybridized carbons (Fsp3) is 0.300. The van der Waals surface area contributed by atoms with Crippen molar-refractivity contribution >= 4 is 27.5 Å². The lowest BCUT2D eigenvalue weighted by Gasteiger charge is -2.35. The Labute approximate surface area is 174 Å². The Bertz CT molecular complexity index is 1020. The standard InChI is InChI=1S/C20H23FN4O4S/c1-15-3-2-4-18(13-15)24-9-11-25(12-10-24)30(28,29)14-19(26)22-23-20(27)16-5-7-17(21)8-6-16/h2-8,13H,9-12,14H2,1H3,(H,22,26)(H,23,27). The molecule has 2 N–H and O–H groups in total. The second-order valence-electron chi connectivity index (χ2n) is 6.99. The van der Waals surface area contributed by atoms with Crippen molar-refractivity contribution in [2.75, 3.05) is 36.8 Å². The summed E-state index contributed by atoms with van der Waals surface area (Å²) in [6, 6.07) is 12.7.